The molecule has 2 aliphatic heterocycles. The molecular formula is C18H23NO2. The molecule has 0 aliphatic carbocycles. The average molecular weight is 285 g/mol. The zero-order valence-electron chi connectivity index (χ0n) is 12.5. The van der Waals surface area contributed by atoms with Crippen molar-refractivity contribution < 1.29 is 9.47 Å². The summed E-state index contributed by atoms with van der Waals surface area (Å²) >= 11 is 0. The predicted octanol–water partition coefficient (Wildman–Crippen LogP) is 3.56. The minimum Gasteiger partial charge on any atom is -0.454 e. The quantitative estimate of drug-likeness (QED) is 0.772. The lowest BCUT2D eigenvalue weighted by Gasteiger charge is -2.24. The summed E-state index contributed by atoms with van der Waals surface area (Å²) in [5.41, 5.74) is 1.25. The van der Waals surface area contributed by atoms with Crippen molar-refractivity contribution in [2.75, 3.05) is 26.4 Å². The van der Waals surface area contributed by atoms with E-state index in [1.807, 2.05) is 6.07 Å². The Morgan fingerprint density at radius 2 is 1.76 bits per heavy atom. The maximum Gasteiger partial charge on any atom is 0.231 e. The molecule has 112 valence electrons. The van der Waals surface area contributed by atoms with E-state index in [9.17, 15) is 0 Å². The van der Waals surface area contributed by atoms with Crippen molar-refractivity contribution in [2.24, 2.45) is 0 Å². The summed E-state index contributed by atoms with van der Waals surface area (Å²) in [6, 6.07) is 6.14. The van der Waals surface area contributed by atoms with Crippen LogP contribution in [-0.4, -0.2) is 31.3 Å². The van der Waals surface area contributed by atoms with Gasteiger partial charge in [0.25, 0.3) is 0 Å². The van der Waals surface area contributed by atoms with Crippen LogP contribution in [0.2, 0.25) is 0 Å². The zero-order chi connectivity index (χ0) is 14.3. The van der Waals surface area contributed by atoms with Crippen LogP contribution in [0.5, 0.6) is 11.5 Å². The topological polar surface area (TPSA) is 21.7 Å². The number of likely N-dealkylation sites (tertiary alicyclic amines) is 1. The third kappa shape index (κ3) is 4.11. The number of piperidine rings is 1. The van der Waals surface area contributed by atoms with Gasteiger partial charge < -0.3 is 9.47 Å². The van der Waals surface area contributed by atoms with Crippen LogP contribution in [-0.2, 0) is 6.42 Å². The normalized spacial score (nSPS) is 18.9. The van der Waals surface area contributed by atoms with Crippen LogP contribution in [0, 0.1) is 0 Å². The standard InChI is InChI=1S/C18H23NO2/c1(2-5-11-19-12-6-3-7-13-19)4-8-16-9-10-17-18(14-16)21-15-20-17/h1-2,4-5,9-10,14H,3,6-8,11-13,15H2/b4-1+,5-2+. The lowest BCUT2D eigenvalue weighted by molar-refractivity contribution is 0.174. The molecule has 2 heterocycles. The molecule has 0 atom stereocenters. The molecule has 1 aromatic rings. The Labute approximate surface area is 126 Å². The SMILES string of the molecule is C(/C=C/CN1CCCCC1)=C\Cc1ccc2c(c1)OCO2. The molecule has 0 saturated carbocycles. The Morgan fingerprint density at radius 3 is 2.67 bits per heavy atom. The maximum atomic E-state index is 5.39. The molecular weight excluding hydrogens is 262 g/mol. The minimum atomic E-state index is 0.341. The molecule has 21 heavy (non-hydrogen) atoms. The molecule has 0 aromatic heterocycles. The summed E-state index contributed by atoms with van der Waals surface area (Å²) in [6.07, 6.45) is 13.8. The van der Waals surface area contributed by atoms with E-state index in [1.54, 1.807) is 0 Å². The van der Waals surface area contributed by atoms with Crippen LogP contribution in [0.3, 0.4) is 0 Å². The molecule has 1 saturated heterocycles. The Morgan fingerprint density at radius 1 is 0.952 bits per heavy atom. The molecule has 2 aliphatic rings. The molecule has 0 bridgehead atoms. The van der Waals surface area contributed by atoms with Gasteiger partial charge in [-0.15, -0.1) is 0 Å². The fourth-order valence-electron chi connectivity index (χ4n) is 2.78. The molecule has 3 heteroatoms. The number of hydrogen-bond donors (Lipinski definition) is 0. The monoisotopic (exact) mass is 285 g/mol. The minimum absolute atomic E-state index is 0.341. The lowest BCUT2D eigenvalue weighted by atomic mass is 10.1. The van der Waals surface area contributed by atoms with Gasteiger partial charge >= 0.3 is 0 Å². The van der Waals surface area contributed by atoms with Crippen LogP contribution < -0.4 is 9.47 Å². The highest BCUT2D eigenvalue weighted by atomic mass is 16.7. The van der Waals surface area contributed by atoms with Gasteiger partial charge in [-0.1, -0.05) is 36.8 Å². The van der Waals surface area contributed by atoms with Gasteiger partial charge in [0.1, 0.15) is 0 Å². The van der Waals surface area contributed by atoms with Gasteiger partial charge in [-0.05, 0) is 50.0 Å². The Kier molecular flexibility index (Phi) is 4.95. The number of hydrogen-bond acceptors (Lipinski definition) is 3. The van der Waals surface area contributed by atoms with Crippen molar-refractivity contribution in [3.63, 3.8) is 0 Å². The van der Waals surface area contributed by atoms with Gasteiger partial charge in [-0.3, -0.25) is 4.90 Å². The third-order valence-electron chi connectivity index (χ3n) is 3.99. The largest absolute Gasteiger partial charge is 0.454 e. The van der Waals surface area contributed by atoms with Gasteiger partial charge in [0.15, 0.2) is 11.5 Å². The molecule has 0 N–H and O–H groups in total. The van der Waals surface area contributed by atoms with Gasteiger partial charge in [-0.25, -0.2) is 0 Å². The highest BCUT2D eigenvalue weighted by Crippen LogP contribution is 2.32. The van der Waals surface area contributed by atoms with E-state index in [0.29, 0.717) is 6.79 Å². The molecule has 0 unspecified atom stereocenters. The zero-order valence-corrected chi connectivity index (χ0v) is 12.5. The summed E-state index contributed by atoms with van der Waals surface area (Å²) in [7, 11) is 0. The number of allylic oxidation sites excluding steroid dienone is 3. The van der Waals surface area contributed by atoms with Crippen molar-refractivity contribution in [1.29, 1.82) is 0 Å². The van der Waals surface area contributed by atoms with E-state index < -0.39 is 0 Å². The van der Waals surface area contributed by atoms with Crippen LogP contribution >= 0.6 is 0 Å². The van der Waals surface area contributed by atoms with E-state index in [0.717, 1.165) is 24.5 Å². The van der Waals surface area contributed by atoms with Crippen molar-refractivity contribution >= 4 is 0 Å². The molecule has 0 spiro atoms. The first-order valence-corrected chi connectivity index (χ1v) is 7.84. The fourth-order valence-corrected chi connectivity index (χ4v) is 2.78. The van der Waals surface area contributed by atoms with Crippen molar-refractivity contribution in [2.45, 2.75) is 25.7 Å². The summed E-state index contributed by atoms with van der Waals surface area (Å²) in [4.78, 5) is 2.52. The average Bonchev–Trinajstić information content (AvgIpc) is 2.99. The summed E-state index contributed by atoms with van der Waals surface area (Å²) in [5.74, 6) is 1.71. The molecule has 0 radical (unpaired) electrons. The second kappa shape index (κ2) is 7.32. The van der Waals surface area contributed by atoms with Crippen molar-refractivity contribution in [3.05, 3.63) is 48.1 Å². The highest BCUT2D eigenvalue weighted by Gasteiger charge is 2.12. The van der Waals surface area contributed by atoms with E-state index in [2.05, 4.69) is 41.3 Å². The van der Waals surface area contributed by atoms with Gasteiger partial charge in [0.05, 0.1) is 0 Å². The van der Waals surface area contributed by atoms with E-state index >= 15 is 0 Å². The van der Waals surface area contributed by atoms with Gasteiger partial charge in [0, 0.05) is 6.54 Å². The first-order chi connectivity index (χ1) is 10.4. The Bertz CT molecular complexity index is 516. The summed E-state index contributed by atoms with van der Waals surface area (Å²) < 4.78 is 10.7. The first-order valence-electron chi connectivity index (χ1n) is 7.84. The van der Waals surface area contributed by atoms with E-state index in [4.69, 9.17) is 9.47 Å². The lowest BCUT2D eigenvalue weighted by Crippen LogP contribution is -2.29. The maximum absolute atomic E-state index is 5.39. The summed E-state index contributed by atoms with van der Waals surface area (Å²) in [5, 5.41) is 0. The second-order valence-electron chi connectivity index (χ2n) is 5.61. The number of rotatable bonds is 5. The van der Waals surface area contributed by atoms with E-state index in [1.165, 1.54) is 37.9 Å². The number of nitrogens with zero attached hydrogens (tertiary/aromatic N) is 1. The molecule has 0 amide bonds. The molecule has 3 nitrogen and oxygen atoms in total. The smallest absolute Gasteiger partial charge is 0.231 e. The fraction of sp³-hybridized carbons (Fsp3) is 0.444. The number of ether oxygens (including phenoxy) is 2. The van der Waals surface area contributed by atoms with Gasteiger partial charge in [-0.2, -0.15) is 0 Å². The Hall–Kier alpha value is -1.74. The second-order valence-corrected chi connectivity index (χ2v) is 5.61. The Balaban J connectivity index is 1.42. The molecule has 1 aromatic carbocycles. The van der Waals surface area contributed by atoms with E-state index in [-0.39, 0.29) is 0 Å². The predicted molar refractivity (Wildman–Crippen MR) is 84.8 cm³/mol. The van der Waals surface area contributed by atoms with Crippen LogP contribution in [0.25, 0.3) is 0 Å². The van der Waals surface area contributed by atoms with Crippen LogP contribution in [0.4, 0.5) is 0 Å². The third-order valence-corrected chi connectivity index (χ3v) is 3.99. The van der Waals surface area contributed by atoms with Crippen molar-refractivity contribution in [1.82, 2.24) is 4.90 Å². The number of fused-ring (bicyclic) bond motifs is 1. The highest BCUT2D eigenvalue weighted by molar-refractivity contribution is 5.44. The van der Waals surface area contributed by atoms with Crippen LogP contribution in [0.15, 0.2) is 42.5 Å². The molecule has 1 fully saturated rings. The number of benzene rings is 1. The molecule has 3 rings (SSSR count). The first kappa shape index (κ1) is 14.2. The van der Waals surface area contributed by atoms with Gasteiger partial charge in [0.2, 0.25) is 6.79 Å². The van der Waals surface area contributed by atoms with Crippen LogP contribution in [0.1, 0.15) is 24.8 Å². The summed E-state index contributed by atoms with van der Waals surface area (Å²) in [6.45, 7) is 3.93. The van der Waals surface area contributed by atoms with Crippen molar-refractivity contribution in [3.8, 4) is 11.5 Å².